The van der Waals surface area contributed by atoms with Gasteiger partial charge in [-0.25, -0.2) is 19.5 Å². The molecule has 2 rings (SSSR count). The molecule has 0 aliphatic carbocycles. The predicted octanol–water partition coefficient (Wildman–Crippen LogP) is 3.64. The molecule has 0 bridgehead atoms. The molecule has 1 aliphatic rings. The number of hydrogen-bond donors (Lipinski definition) is 1. The van der Waals surface area contributed by atoms with Gasteiger partial charge >= 0.3 is 6.09 Å². The number of amides is 1. The lowest BCUT2D eigenvalue weighted by atomic mass is 9.84. The number of carbonyl (C=O) groups excluding carboxylic acids is 1. The van der Waals surface area contributed by atoms with Gasteiger partial charge in [0, 0.05) is 24.1 Å². The van der Waals surface area contributed by atoms with E-state index in [1.165, 1.54) is 6.07 Å². The Hall–Kier alpha value is -2.71. The van der Waals surface area contributed by atoms with Crippen LogP contribution < -0.4 is 5.32 Å². The number of nitrogens with one attached hydrogen (secondary N) is 1. The lowest BCUT2D eigenvalue weighted by Gasteiger charge is -2.33. The van der Waals surface area contributed by atoms with Gasteiger partial charge in [0.1, 0.15) is 11.4 Å². The van der Waals surface area contributed by atoms with Crippen molar-refractivity contribution in [3.05, 3.63) is 39.7 Å². The van der Waals surface area contributed by atoms with Crippen molar-refractivity contribution >= 4 is 17.8 Å². The molecular weight excluding hydrogens is 345 g/mol. The molecule has 0 spiro atoms. The molecule has 8 nitrogen and oxygen atoms in total. The van der Waals surface area contributed by atoms with Crippen molar-refractivity contribution < 1.29 is 23.6 Å². The number of amidine groups is 1. The van der Waals surface area contributed by atoms with E-state index in [9.17, 15) is 19.3 Å². The first-order chi connectivity index (χ1) is 12.1. The monoisotopic (exact) mass is 367 g/mol. The number of nitro groups is 1. The van der Waals surface area contributed by atoms with Crippen LogP contribution in [-0.4, -0.2) is 29.2 Å². The van der Waals surface area contributed by atoms with Gasteiger partial charge in [0.15, 0.2) is 0 Å². The van der Waals surface area contributed by atoms with Crippen LogP contribution in [0.3, 0.4) is 0 Å². The summed E-state index contributed by atoms with van der Waals surface area (Å²) in [4.78, 5) is 26.7. The van der Waals surface area contributed by atoms with E-state index >= 15 is 0 Å². The fourth-order valence-corrected chi connectivity index (χ4v) is 2.68. The maximum absolute atomic E-state index is 14.4. The van der Waals surface area contributed by atoms with Crippen molar-refractivity contribution in [2.24, 2.45) is 4.99 Å². The van der Waals surface area contributed by atoms with E-state index in [1.54, 1.807) is 27.7 Å². The molecule has 0 aromatic heterocycles. The van der Waals surface area contributed by atoms with Crippen molar-refractivity contribution in [2.45, 2.75) is 51.7 Å². The second-order valence-electron chi connectivity index (χ2n) is 6.95. The summed E-state index contributed by atoms with van der Waals surface area (Å²) in [6.45, 7) is 7.10. The fraction of sp³-hybridized carbons (Fsp3) is 0.529. The molecule has 1 atom stereocenters. The van der Waals surface area contributed by atoms with E-state index in [-0.39, 0.29) is 23.9 Å². The molecule has 0 fully saturated rings. The van der Waals surface area contributed by atoms with Crippen LogP contribution in [0.4, 0.5) is 14.9 Å². The molecular formula is C17H22FN3O5. The maximum atomic E-state index is 14.4. The topological polar surface area (TPSA) is 103 Å². The van der Waals surface area contributed by atoms with Crippen LogP contribution in [0, 0.1) is 15.9 Å². The first-order valence-electron chi connectivity index (χ1n) is 8.23. The molecule has 1 heterocycles. The molecule has 9 heteroatoms. The van der Waals surface area contributed by atoms with Gasteiger partial charge in [0.05, 0.1) is 17.1 Å². The molecule has 0 saturated carbocycles. The summed E-state index contributed by atoms with van der Waals surface area (Å²) in [5, 5.41) is 13.4. The fourth-order valence-electron chi connectivity index (χ4n) is 2.68. The van der Waals surface area contributed by atoms with Crippen molar-refractivity contribution in [3.8, 4) is 0 Å². The first kappa shape index (κ1) is 19.6. The third-order valence-electron chi connectivity index (χ3n) is 3.92. The molecule has 0 unspecified atom stereocenters. The smallest absolute Gasteiger partial charge is 0.415 e. The minimum absolute atomic E-state index is 0.0981. The van der Waals surface area contributed by atoms with Crippen LogP contribution in [0.2, 0.25) is 0 Å². The number of nitro benzene ring substituents is 1. The Morgan fingerprint density at radius 3 is 2.77 bits per heavy atom. The highest BCUT2D eigenvalue weighted by molar-refractivity contribution is 5.91. The van der Waals surface area contributed by atoms with Crippen LogP contribution in [-0.2, 0) is 15.0 Å². The van der Waals surface area contributed by atoms with Crippen molar-refractivity contribution in [2.75, 3.05) is 6.61 Å². The zero-order valence-corrected chi connectivity index (χ0v) is 15.2. The van der Waals surface area contributed by atoms with E-state index in [0.29, 0.717) is 12.8 Å². The van der Waals surface area contributed by atoms with Gasteiger partial charge in [0.25, 0.3) is 11.7 Å². The Balaban J connectivity index is 2.37. The summed E-state index contributed by atoms with van der Waals surface area (Å²) < 4.78 is 24.9. The van der Waals surface area contributed by atoms with Crippen LogP contribution in [0.25, 0.3) is 0 Å². The molecule has 1 amide bonds. The third kappa shape index (κ3) is 4.47. The number of rotatable bonds is 3. The highest BCUT2D eigenvalue weighted by Gasteiger charge is 2.38. The van der Waals surface area contributed by atoms with Gasteiger partial charge in [-0.15, -0.1) is 0 Å². The largest absolute Gasteiger partial charge is 0.465 e. The van der Waals surface area contributed by atoms with Gasteiger partial charge < -0.3 is 9.47 Å². The zero-order valence-electron chi connectivity index (χ0n) is 15.2. The molecule has 1 aromatic rings. The molecule has 1 aromatic carbocycles. The minimum Gasteiger partial charge on any atom is -0.465 e. The summed E-state index contributed by atoms with van der Waals surface area (Å²) >= 11 is 0. The van der Waals surface area contributed by atoms with Crippen LogP contribution >= 0.6 is 0 Å². The Morgan fingerprint density at radius 2 is 2.19 bits per heavy atom. The third-order valence-corrected chi connectivity index (χ3v) is 3.92. The SMILES string of the molecule is CC[C@@]1(c2cc([N+](=O)[O-])ccc2F)CCOC(NC(=O)OC(C)(C)C)=N1. The Kier molecular flexibility index (Phi) is 5.48. The van der Waals surface area contributed by atoms with E-state index < -0.39 is 28.0 Å². The van der Waals surface area contributed by atoms with Crippen LogP contribution in [0.5, 0.6) is 0 Å². The van der Waals surface area contributed by atoms with Gasteiger partial charge in [0.2, 0.25) is 0 Å². The van der Waals surface area contributed by atoms with Crippen molar-refractivity contribution in [3.63, 3.8) is 0 Å². The van der Waals surface area contributed by atoms with Gasteiger partial charge in [-0.05, 0) is 33.3 Å². The number of halogens is 1. The van der Waals surface area contributed by atoms with Crippen LogP contribution in [0.15, 0.2) is 23.2 Å². The average Bonchev–Trinajstić information content (AvgIpc) is 2.53. The lowest BCUT2D eigenvalue weighted by Crippen LogP contribution is -2.43. The highest BCUT2D eigenvalue weighted by atomic mass is 19.1. The van der Waals surface area contributed by atoms with Gasteiger partial charge in [-0.1, -0.05) is 6.92 Å². The normalized spacial score (nSPS) is 20.0. The molecule has 0 saturated heterocycles. The molecule has 1 aliphatic heterocycles. The Morgan fingerprint density at radius 1 is 1.50 bits per heavy atom. The summed E-state index contributed by atoms with van der Waals surface area (Å²) in [5.41, 5.74) is -1.90. The number of non-ortho nitro benzene ring substituents is 1. The highest BCUT2D eigenvalue weighted by Crippen LogP contribution is 2.38. The summed E-state index contributed by atoms with van der Waals surface area (Å²) in [6, 6.07) is 3.24. The number of ether oxygens (including phenoxy) is 2. The molecule has 0 radical (unpaired) electrons. The number of alkyl carbamates (subject to hydrolysis) is 1. The van der Waals surface area contributed by atoms with E-state index in [1.807, 2.05) is 0 Å². The summed E-state index contributed by atoms with van der Waals surface area (Å²) in [6.07, 6.45) is -0.0580. The number of nitrogens with zero attached hydrogens (tertiary/aromatic N) is 2. The second-order valence-corrected chi connectivity index (χ2v) is 6.95. The van der Waals surface area contributed by atoms with Crippen molar-refractivity contribution in [1.29, 1.82) is 0 Å². The van der Waals surface area contributed by atoms with Gasteiger partial charge in [-0.2, -0.15) is 0 Å². The average molecular weight is 367 g/mol. The maximum Gasteiger partial charge on any atom is 0.415 e. The predicted molar refractivity (Wildman–Crippen MR) is 92.4 cm³/mol. The number of carbonyl (C=O) groups is 1. The standard InChI is InChI=1S/C17H22FN3O5/c1-5-17(12-10-11(21(23)24)6-7-13(12)18)8-9-25-14(20-17)19-15(22)26-16(2,3)4/h6-7,10H,5,8-9H2,1-4H3,(H,19,20,22)/t17-/m0/s1. The first-order valence-corrected chi connectivity index (χ1v) is 8.23. The Bertz CT molecular complexity index is 744. The lowest BCUT2D eigenvalue weighted by molar-refractivity contribution is -0.385. The van der Waals surface area contributed by atoms with E-state index in [4.69, 9.17) is 9.47 Å². The summed E-state index contributed by atoms with van der Waals surface area (Å²) in [5.74, 6) is -0.597. The van der Waals surface area contributed by atoms with E-state index in [2.05, 4.69) is 10.3 Å². The number of aliphatic imine (C=N–C) groups is 1. The molecule has 142 valence electrons. The van der Waals surface area contributed by atoms with E-state index in [0.717, 1.165) is 12.1 Å². The van der Waals surface area contributed by atoms with Gasteiger partial charge in [-0.3, -0.25) is 10.1 Å². The van der Waals surface area contributed by atoms with Crippen LogP contribution in [0.1, 0.15) is 46.1 Å². The quantitative estimate of drug-likeness (QED) is 0.649. The number of benzene rings is 1. The Labute approximate surface area is 150 Å². The summed E-state index contributed by atoms with van der Waals surface area (Å²) in [7, 11) is 0. The molecule has 26 heavy (non-hydrogen) atoms. The zero-order chi connectivity index (χ0) is 19.5. The molecule has 1 N–H and O–H groups in total. The van der Waals surface area contributed by atoms with Crippen molar-refractivity contribution in [1.82, 2.24) is 5.32 Å². The second kappa shape index (κ2) is 7.27. The minimum atomic E-state index is -1.07. The number of hydrogen-bond acceptors (Lipinski definition) is 6.